The normalized spacial score (nSPS) is 11.7. The molecule has 0 aliphatic rings. The predicted molar refractivity (Wildman–Crippen MR) is 49.5 cm³/mol. The molecule has 0 aliphatic heterocycles. The van der Waals surface area contributed by atoms with Crippen LogP contribution in [0.15, 0.2) is 18.2 Å². The molecular formula is C10H14FN. The molecule has 0 fully saturated rings. The fourth-order valence-electron chi connectivity index (χ4n) is 1.22. The monoisotopic (exact) mass is 167 g/mol. The lowest BCUT2D eigenvalue weighted by atomic mass is 9.86. The first kappa shape index (κ1) is 9.04. The molecule has 0 saturated carbocycles. The molecule has 2 heteroatoms. The number of hydrogen-bond acceptors (Lipinski definition) is 1. The molecule has 1 rings (SSSR count). The summed E-state index contributed by atoms with van der Waals surface area (Å²) in [5.74, 6) is -0.277. The summed E-state index contributed by atoms with van der Waals surface area (Å²) in [6.45, 7) is 6.16. The van der Waals surface area contributed by atoms with Crippen LogP contribution in [-0.4, -0.2) is 0 Å². The Kier molecular flexibility index (Phi) is 2.09. The molecule has 0 radical (unpaired) electrons. The van der Waals surface area contributed by atoms with Gasteiger partial charge in [0.25, 0.3) is 0 Å². The van der Waals surface area contributed by atoms with Crippen molar-refractivity contribution in [1.82, 2.24) is 0 Å². The van der Waals surface area contributed by atoms with Crippen molar-refractivity contribution in [2.75, 3.05) is 5.73 Å². The van der Waals surface area contributed by atoms with Crippen LogP contribution in [-0.2, 0) is 5.41 Å². The van der Waals surface area contributed by atoms with E-state index in [1.54, 1.807) is 6.07 Å². The summed E-state index contributed by atoms with van der Waals surface area (Å²) in [6, 6.07) is 4.54. The highest BCUT2D eigenvalue weighted by atomic mass is 19.1. The topological polar surface area (TPSA) is 26.0 Å². The van der Waals surface area contributed by atoms with Crippen molar-refractivity contribution < 1.29 is 4.39 Å². The van der Waals surface area contributed by atoms with Gasteiger partial charge in [-0.25, -0.2) is 4.39 Å². The summed E-state index contributed by atoms with van der Waals surface area (Å²) in [4.78, 5) is 0. The van der Waals surface area contributed by atoms with Crippen LogP contribution in [0.3, 0.4) is 0 Å². The second-order valence-corrected chi connectivity index (χ2v) is 3.98. The van der Waals surface area contributed by atoms with Crippen molar-refractivity contribution in [2.45, 2.75) is 26.2 Å². The number of nitrogens with two attached hydrogens (primary N) is 1. The molecule has 0 aromatic heterocycles. The van der Waals surface area contributed by atoms with Crippen LogP contribution in [0.4, 0.5) is 10.1 Å². The van der Waals surface area contributed by atoms with Gasteiger partial charge in [-0.15, -0.1) is 0 Å². The van der Waals surface area contributed by atoms with Crippen LogP contribution in [0.25, 0.3) is 0 Å². The Labute approximate surface area is 72.4 Å². The van der Waals surface area contributed by atoms with E-state index in [0.717, 1.165) is 5.56 Å². The SMILES string of the molecule is CC(C)(C)c1ccc(F)cc1N. The summed E-state index contributed by atoms with van der Waals surface area (Å²) in [5, 5.41) is 0. The average Bonchev–Trinajstić information content (AvgIpc) is 1.83. The molecule has 1 aromatic carbocycles. The Morgan fingerprint density at radius 1 is 1.25 bits per heavy atom. The van der Waals surface area contributed by atoms with Crippen LogP contribution in [0.5, 0.6) is 0 Å². The smallest absolute Gasteiger partial charge is 0.125 e. The van der Waals surface area contributed by atoms with Crippen molar-refractivity contribution in [3.05, 3.63) is 29.6 Å². The van der Waals surface area contributed by atoms with E-state index < -0.39 is 0 Å². The molecule has 0 heterocycles. The van der Waals surface area contributed by atoms with Gasteiger partial charge in [-0.2, -0.15) is 0 Å². The van der Waals surface area contributed by atoms with Crippen LogP contribution in [0.1, 0.15) is 26.3 Å². The molecule has 0 atom stereocenters. The van der Waals surface area contributed by atoms with E-state index in [4.69, 9.17) is 5.73 Å². The minimum Gasteiger partial charge on any atom is -0.398 e. The van der Waals surface area contributed by atoms with Crippen molar-refractivity contribution in [2.24, 2.45) is 0 Å². The largest absolute Gasteiger partial charge is 0.398 e. The zero-order chi connectivity index (χ0) is 9.35. The van der Waals surface area contributed by atoms with E-state index in [9.17, 15) is 4.39 Å². The van der Waals surface area contributed by atoms with E-state index in [0.29, 0.717) is 5.69 Å². The second kappa shape index (κ2) is 2.77. The maximum absolute atomic E-state index is 12.7. The van der Waals surface area contributed by atoms with Crippen molar-refractivity contribution in [3.63, 3.8) is 0 Å². The molecular weight excluding hydrogens is 153 g/mol. The molecule has 0 bridgehead atoms. The first-order chi connectivity index (χ1) is 5.41. The lowest BCUT2D eigenvalue weighted by molar-refractivity contribution is 0.585. The van der Waals surface area contributed by atoms with E-state index in [2.05, 4.69) is 20.8 Å². The molecule has 0 spiro atoms. The molecule has 1 nitrogen and oxygen atoms in total. The third-order valence-electron chi connectivity index (χ3n) is 1.82. The third-order valence-corrected chi connectivity index (χ3v) is 1.82. The Balaban J connectivity index is 3.19. The molecule has 66 valence electrons. The maximum Gasteiger partial charge on any atom is 0.125 e. The number of benzene rings is 1. The number of rotatable bonds is 0. The van der Waals surface area contributed by atoms with E-state index >= 15 is 0 Å². The van der Waals surface area contributed by atoms with Gasteiger partial charge in [0, 0.05) is 5.69 Å². The van der Waals surface area contributed by atoms with Gasteiger partial charge in [-0.1, -0.05) is 26.8 Å². The number of anilines is 1. The van der Waals surface area contributed by atoms with Gasteiger partial charge in [0.05, 0.1) is 0 Å². The highest BCUT2D eigenvalue weighted by Crippen LogP contribution is 2.27. The van der Waals surface area contributed by atoms with Gasteiger partial charge < -0.3 is 5.73 Å². The Morgan fingerprint density at radius 2 is 1.83 bits per heavy atom. The van der Waals surface area contributed by atoms with Crippen molar-refractivity contribution >= 4 is 5.69 Å². The number of hydrogen-bond donors (Lipinski definition) is 1. The van der Waals surface area contributed by atoms with E-state index in [1.165, 1.54) is 12.1 Å². The number of nitrogen functional groups attached to an aromatic ring is 1. The minimum absolute atomic E-state index is 0.0161. The van der Waals surface area contributed by atoms with Crippen LogP contribution in [0.2, 0.25) is 0 Å². The predicted octanol–water partition coefficient (Wildman–Crippen LogP) is 2.71. The molecule has 0 aliphatic carbocycles. The lowest BCUT2D eigenvalue weighted by Crippen LogP contribution is -2.13. The highest BCUT2D eigenvalue weighted by molar-refractivity contribution is 5.50. The zero-order valence-electron chi connectivity index (χ0n) is 7.69. The minimum atomic E-state index is -0.277. The van der Waals surface area contributed by atoms with Gasteiger partial charge >= 0.3 is 0 Å². The van der Waals surface area contributed by atoms with E-state index in [1.807, 2.05) is 0 Å². The zero-order valence-corrected chi connectivity index (χ0v) is 7.69. The molecule has 1 aromatic rings. The molecule has 0 amide bonds. The van der Waals surface area contributed by atoms with Gasteiger partial charge in [-0.3, -0.25) is 0 Å². The lowest BCUT2D eigenvalue weighted by Gasteiger charge is -2.20. The molecule has 2 N–H and O–H groups in total. The number of halogens is 1. The fourth-order valence-corrected chi connectivity index (χ4v) is 1.22. The van der Waals surface area contributed by atoms with Crippen molar-refractivity contribution in [1.29, 1.82) is 0 Å². The first-order valence-electron chi connectivity index (χ1n) is 3.97. The van der Waals surface area contributed by atoms with Gasteiger partial charge in [-0.05, 0) is 23.1 Å². The average molecular weight is 167 g/mol. The fraction of sp³-hybridized carbons (Fsp3) is 0.400. The first-order valence-corrected chi connectivity index (χ1v) is 3.97. The Hall–Kier alpha value is -1.05. The van der Waals surface area contributed by atoms with E-state index in [-0.39, 0.29) is 11.2 Å². The quantitative estimate of drug-likeness (QED) is 0.591. The summed E-state index contributed by atoms with van der Waals surface area (Å²) in [7, 11) is 0. The highest BCUT2D eigenvalue weighted by Gasteiger charge is 2.16. The van der Waals surface area contributed by atoms with Gasteiger partial charge in [0.2, 0.25) is 0 Å². The Morgan fingerprint density at radius 3 is 2.25 bits per heavy atom. The molecule has 0 unspecified atom stereocenters. The van der Waals surface area contributed by atoms with Gasteiger partial charge in [0.15, 0.2) is 0 Å². The second-order valence-electron chi connectivity index (χ2n) is 3.98. The van der Waals surface area contributed by atoms with Crippen molar-refractivity contribution in [3.8, 4) is 0 Å². The molecule has 0 saturated heterocycles. The van der Waals surface area contributed by atoms with Crippen LogP contribution >= 0.6 is 0 Å². The standard InChI is InChI=1S/C10H14FN/c1-10(2,3)8-5-4-7(11)6-9(8)12/h4-6H,12H2,1-3H3. The Bertz CT molecular complexity index is 286. The van der Waals surface area contributed by atoms with Crippen LogP contribution in [0, 0.1) is 5.82 Å². The third kappa shape index (κ3) is 1.76. The summed E-state index contributed by atoms with van der Waals surface area (Å²) >= 11 is 0. The molecule has 12 heavy (non-hydrogen) atoms. The summed E-state index contributed by atoms with van der Waals surface area (Å²) < 4.78 is 12.7. The summed E-state index contributed by atoms with van der Waals surface area (Å²) in [5.41, 5.74) is 7.17. The van der Waals surface area contributed by atoms with Gasteiger partial charge in [0.1, 0.15) is 5.82 Å². The summed E-state index contributed by atoms with van der Waals surface area (Å²) in [6.07, 6.45) is 0. The maximum atomic E-state index is 12.7. The van der Waals surface area contributed by atoms with Crippen LogP contribution < -0.4 is 5.73 Å².